The summed E-state index contributed by atoms with van der Waals surface area (Å²) in [7, 11) is 0. The second kappa shape index (κ2) is 21.6. The van der Waals surface area contributed by atoms with Gasteiger partial charge in [-0.3, -0.25) is 14.4 Å². The first-order valence-corrected chi connectivity index (χ1v) is 22.5. The number of halogens is 1. The average molecular weight is 961 g/mol. The summed E-state index contributed by atoms with van der Waals surface area (Å²) in [6.07, 6.45) is 8.17. The van der Waals surface area contributed by atoms with Crippen LogP contribution < -0.4 is 0 Å². The van der Waals surface area contributed by atoms with E-state index >= 15 is 0 Å². The van der Waals surface area contributed by atoms with Crippen molar-refractivity contribution < 1.29 is 28.6 Å². The predicted octanol–water partition coefficient (Wildman–Crippen LogP) is 9.20. The molecule has 0 saturated carbocycles. The van der Waals surface area contributed by atoms with Crippen LogP contribution in [0.3, 0.4) is 0 Å². The number of thiazole rings is 3. The number of carbonyl (C=O) groups is 3. The van der Waals surface area contributed by atoms with Crippen LogP contribution in [0, 0.1) is 11.3 Å². The summed E-state index contributed by atoms with van der Waals surface area (Å²) < 4.78 is 10.6. The molecule has 0 spiro atoms. The summed E-state index contributed by atoms with van der Waals surface area (Å²) in [6, 6.07) is 24.9. The number of nitrogens with zero attached hydrogens (tertiary/aromatic N) is 6. The number of thiol groups is 1. The van der Waals surface area contributed by atoms with E-state index in [0.29, 0.717) is 73.8 Å². The Bertz CT molecular complexity index is 3300. The molecule has 7 aromatic heterocycles. The number of benzene rings is 3. The maximum Gasteiger partial charge on any atom is 0.245 e. The van der Waals surface area contributed by atoms with Crippen LogP contribution in [0.5, 0.6) is 0 Å². The first kappa shape index (κ1) is 46.0. The molecule has 8 heterocycles. The Morgan fingerprint density at radius 2 is 1.17 bits per heavy atom. The minimum atomic E-state index is -0.154. The van der Waals surface area contributed by atoms with Gasteiger partial charge in [0.15, 0.2) is 20.7 Å². The van der Waals surface area contributed by atoms with E-state index in [4.69, 9.17) is 19.5 Å². The number of fused-ring (bicyclic) bond motifs is 3. The van der Waals surface area contributed by atoms with Crippen LogP contribution in [-0.2, 0) is 4.74 Å². The smallest absolute Gasteiger partial charge is 0.245 e. The fourth-order valence-corrected chi connectivity index (χ4v) is 8.53. The Morgan fingerprint density at radius 3 is 1.60 bits per heavy atom. The van der Waals surface area contributed by atoms with Crippen molar-refractivity contribution in [3.8, 4) is 17.7 Å². The monoisotopic (exact) mass is 959 g/mol. The molecule has 0 aliphatic carbocycles. The molecule has 20 heteroatoms. The number of para-hydroxylation sites is 3. The molecule has 0 amide bonds. The summed E-state index contributed by atoms with van der Waals surface area (Å²) >= 11 is 7.47. The van der Waals surface area contributed by atoms with Gasteiger partial charge >= 0.3 is 0 Å². The number of hydrogen-bond donors (Lipinski definition) is 5. The number of nitrogens with one attached hydrogen (secondary N) is 3. The molecule has 326 valence electrons. The number of hydrogen-bond acceptors (Lipinski definition) is 16. The quantitative estimate of drug-likeness (QED) is 0.0676. The van der Waals surface area contributed by atoms with Gasteiger partial charge in [0.1, 0.15) is 30.3 Å². The van der Waals surface area contributed by atoms with Crippen LogP contribution in [0.15, 0.2) is 129 Å². The third-order valence-electron chi connectivity index (χ3n) is 9.27. The Kier molecular flexibility index (Phi) is 15.2. The zero-order valence-corrected chi connectivity index (χ0v) is 37.8. The van der Waals surface area contributed by atoms with E-state index in [0.717, 1.165) is 32.7 Å². The zero-order valence-electron chi connectivity index (χ0n) is 33.6. The molecule has 11 rings (SSSR count). The Morgan fingerprint density at radius 1 is 0.708 bits per heavy atom. The molecule has 0 radical (unpaired) electrons. The highest BCUT2D eigenvalue weighted by atomic mass is 35.5. The van der Waals surface area contributed by atoms with Gasteiger partial charge in [-0.25, -0.2) is 24.9 Å². The summed E-state index contributed by atoms with van der Waals surface area (Å²) in [5, 5.41) is 25.6. The minimum Gasteiger partial charge on any atom is -0.474 e. The summed E-state index contributed by atoms with van der Waals surface area (Å²) in [4.78, 5) is 67.6. The average Bonchev–Trinajstić information content (AvgIpc) is 4.19. The topological polar surface area (TPSA) is 229 Å². The largest absolute Gasteiger partial charge is 0.474 e. The molecular weight excluding hydrogens is 926 g/mol. The second-order valence-electron chi connectivity index (χ2n) is 13.3. The van der Waals surface area contributed by atoms with Crippen molar-refractivity contribution in [2.45, 2.75) is 0 Å². The number of carbonyl (C=O) groups excluding carboxylic acids is 3. The van der Waals surface area contributed by atoms with Gasteiger partial charge in [0.2, 0.25) is 29.1 Å². The van der Waals surface area contributed by atoms with Crippen LogP contribution in [-0.4, -0.2) is 88.8 Å². The van der Waals surface area contributed by atoms with Crippen molar-refractivity contribution in [3.05, 3.63) is 163 Å². The number of aromatic amines is 3. The molecule has 1 aliphatic rings. The van der Waals surface area contributed by atoms with Crippen LogP contribution in [0.4, 0.5) is 0 Å². The summed E-state index contributed by atoms with van der Waals surface area (Å²) in [5.74, 6) is 1.19. The third kappa shape index (κ3) is 10.3. The number of aromatic nitrogens is 7. The lowest BCUT2D eigenvalue weighted by molar-refractivity contribution is 0.103. The lowest BCUT2D eigenvalue weighted by Crippen LogP contribution is -2.04. The summed E-state index contributed by atoms with van der Waals surface area (Å²) in [6.45, 7) is 1.42. The number of rotatable bonds is 9. The molecule has 0 atom stereocenters. The van der Waals surface area contributed by atoms with Crippen molar-refractivity contribution >= 4 is 115 Å². The van der Waals surface area contributed by atoms with E-state index in [1.165, 1.54) is 40.3 Å². The van der Waals surface area contributed by atoms with Gasteiger partial charge in [-0.2, -0.15) is 17.9 Å². The van der Waals surface area contributed by atoms with Crippen molar-refractivity contribution in [1.82, 2.24) is 34.9 Å². The minimum absolute atomic E-state index is 0. The SMILES string of the molecule is Cl.N#Cc1csc(C(=O)c2c[nH]c3ccccc23)n1.O=C(c1nc(-c2ncco2)cs1)c1c[nH]c2ccccc12.O=C(c1nc(C2=NCCO2)cs1)c1c[nH]c2ccccc12.OCCS. The maximum atomic E-state index is 12.6. The lowest BCUT2D eigenvalue weighted by Gasteiger charge is -1.96. The molecule has 0 saturated heterocycles. The summed E-state index contributed by atoms with van der Waals surface area (Å²) in [5.41, 5.74) is 6.14. The number of H-pyrrole nitrogens is 3. The standard InChI is InChI=1S/C15H11N3O2S.C15H9N3O2S.C13H7N3OS.C2H6OS.ClH/c2*19-13(10-7-17-11-4-2-1-3-9(10)11)15-18-12(8-21-15)14-16-5-6-20-14;14-5-8-7-18-13(16-8)12(17)10-6-15-11-4-2-1-3-9(10)11;3-1-2-4;/h1-4,7-8,17H,5-6H2;1-8,17H;1-4,6-7,15H;3-4H,1-2H2;1H. The molecule has 15 nitrogen and oxygen atoms in total. The molecule has 0 fully saturated rings. The highest BCUT2D eigenvalue weighted by Crippen LogP contribution is 2.27. The Labute approximate surface area is 392 Å². The van der Waals surface area contributed by atoms with E-state index in [9.17, 15) is 14.4 Å². The molecular formula is C45H34ClN9O6S4. The van der Waals surface area contributed by atoms with Crippen molar-refractivity contribution in [1.29, 1.82) is 5.26 Å². The van der Waals surface area contributed by atoms with Crippen LogP contribution >= 0.6 is 59.0 Å². The second-order valence-corrected chi connectivity index (χ2v) is 16.3. The molecule has 1 aliphatic heterocycles. The number of ether oxygens (including phenoxy) is 1. The highest BCUT2D eigenvalue weighted by molar-refractivity contribution is 7.80. The molecule has 0 bridgehead atoms. The van der Waals surface area contributed by atoms with Gasteiger partial charge in [0.05, 0.1) is 36.0 Å². The van der Waals surface area contributed by atoms with Gasteiger partial charge in [-0.15, -0.1) is 46.4 Å². The fraction of sp³-hybridized carbons (Fsp3) is 0.0889. The molecule has 10 aromatic rings. The number of aliphatic hydroxyl groups excluding tert-OH is 1. The fourth-order valence-electron chi connectivity index (χ4n) is 6.35. The van der Waals surface area contributed by atoms with Crippen molar-refractivity contribution in [3.63, 3.8) is 0 Å². The first-order chi connectivity index (χ1) is 31.4. The number of nitriles is 1. The van der Waals surface area contributed by atoms with Crippen LogP contribution in [0.1, 0.15) is 57.5 Å². The van der Waals surface area contributed by atoms with Crippen molar-refractivity contribution in [2.24, 2.45) is 4.99 Å². The van der Waals surface area contributed by atoms with E-state index in [1.54, 1.807) is 35.5 Å². The van der Waals surface area contributed by atoms with Gasteiger partial charge in [-0.05, 0) is 18.2 Å². The highest BCUT2D eigenvalue weighted by Gasteiger charge is 2.22. The number of aliphatic hydroxyl groups is 1. The van der Waals surface area contributed by atoms with Crippen LogP contribution in [0.2, 0.25) is 0 Å². The van der Waals surface area contributed by atoms with E-state index in [-0.39, 0.29) is 42.1 Å². The van der Waals surface area contributed by atoms with Crippen molar-refractivity contribution in [2.75, 3.05) is 25.5 Å². The molecule has 3 aromatic carbocycles. The number of aliphatic imine (C=N–C) groups is 1. The molecule has 0 unspecified atom stereocenters. The van der Waals surface area contributed by atoms with Gasteiger partial charge in [-0.1, -0.05) is 54.6 Å². The van der Waals surface area contributed by atoms with Gasteiger partial charge in [0.25, 0.3) is 0 Å². The predicted molar refractivity (Wildman–Crippen MR) is 257 cm³/mol. The van der Waals surface area contributed by atoms with E-state index < -0.39 is 0 Å². The first-order valence-electron chi connectivity index (χ1n) is 19.2. The number of ketones is 3. The third-order valence-corrected chi connectivity index (χ3v) is 12.0. The molecule has 4 N–H and O–H groups in total. The van der Waals surface area contributed by atoms with Crippen LogP contribution in [0.25, 0.3) is 44.3 Å². The van der Waals surface area contributed by atoms with E-state index in [1.807, 2.05) is 84.2 Å². The van der Waals surface area contributed by atoms with Gasteiger partial charge in [0, 0.05) is 73.2 Å². The molecule has 65 heavy (non-hydrogen) atoms. The lowest BCUT2D eigenvalue weighted by atomic mass is 10.1. The van der Waals surface area contributed by atoms with Gasteiger partial charge < -0.3 is 29.2 Å². The van der Waals surface area contributed by atoms with E-state index in [2.05, 4.69) is 52.5 Å². The Balaban J connectivity index is 0.000000139. The number of oxazole rings is 1. The maximum absolute atomic E-state index is 12.6. The normalized spacial score (nSPS) is 11.5. The Hall–Kier alpha value is -7.05. The zero-order chi connectivity index (χ0) is 44.4.